The summed E-state index contributed by atoms with van der Waals surface area (Å²) in [6, 6.07) is 0. The second kappa shape index (κ2) is 6.83. The van der Waals surface area contributed by atoms with Crippen LogP contribution in [0.1, 0.15) is 46.0 Å². The first-order valence-electron chi connectivity index (χ1n) is 6.12. The van der Waals surface area contributed by atoms with Crippen LogP contribution in [0.25, 0.3) is 0 Å². The molecule has 0 aliphatic carbocycles. The predicted octanol–water partition coefficient (Wildman–Crippen LogP) is 2.20. The number of esters is 1. The average molecular weight is 213 g/mol. The number of nitrogens with zero attached hydrogens (tertiary/aromatic N) is 1. The van der Waals surface area contributed by atoms with Gasteiger partial charge >= 0.3 is 5.97 Å². The summed E-state index contributed by atoms with van der Waals surface area (Å²) in [6.07, 6.45) is 6.09. The van der Waals surface area contributed by atoms with Gasteiger partial charge in [0.1, 0.15) is 6.10 Å². The number of ether oxygens (including phenoxy) is 1. The van der Waals surface area contributed by atoms with Gasteiger partial charge in [0.05, 0.1) is 0 Å². The van der Waals surface area contributed by atoms with Crippen molar-refractivity contribution in [2.75, 3.05) is 19.6 Å². The molecule has 0 spiro atoms. The van der Waals surface area contributed by atoms with Gasteiger partial charge in [0.2, 0.25) is 0 Å². The summed E-state index contributed by atoms with van der Waals surface area (Å²) in [5.74, 6) is -0.148. The van der Waals surface area contributed by atoms with Gasteiger partial charge < -0.3 is 4.74 Å². The van der Waals surface area contributed by atoms with E-state index in [1.54, 1.807) is 0 Å². The summed E-state index contributed by atoms with van der Waals surface area (Å²) in [6.45, 7) is 6.89. The lowest BCUT2D eigenvalue weighted by Gasteiger charge is -2.29. The molecule has 3 nitrogen and oxygen atoms in total. The Morgan fingerprint density at radius 1 is 1.33 bits per heavy atom. The highest BCUT2D eigenvalue weighted by Gasteiger charge is 2.17. The van der Waals surface area contributed by atoms with Crippen LogP contribution in [0, 0.1) is 0 Å². The van der Waals surface area contributed by atoms with Crippen LogP contribution in [0.4, 0.5) is 0 Å². The lowest BCUT2D eigenvalue weighted by Crippen LogP contribution is -2.38. The molecule has 0 saturated carbocycles. The smallest absolute Gasteiger partial charge is 0.302 e. The zero-order valence-electron chi connectivity index (χ0n) is 10.00. The van der Waals surface area contributed by atoms with E-state index in [9.17, 15) is 4.79 Å². The van der Waals surface area contributed by atoms with E-state index in [4.69, 9.17) is 4.74 Å². The highest BCUT2D eigenvalue weighted by atomic mass is 16.5. The number of piperidine rings is 1. The monoisotopic (exact) mass is 213 g/mol. The molecule has 0 aromatic rings. The van der Waals surface area contributed by atoms with Crippen molar-refractivity contribution in [3.63, 3.8) is 0 Å². The van der Waals surface area contributed by atoms with Gasteiger partial charge in [0.15, 0.2) is 0 Å². The van der Waals surface area contributed by atoms with E-state index >= 15 is 0 Å². The number of likely N-dealkylation sites (tertiary alicyclic amines) is 1. The van der Waals surface area contributed by atoms with E-state index in [-0.39, 0.29) is 12.1 Å². The van der Waals surface area contributed by atoms with Crippen LogP contribution in [0.15, 0.2) is 0 Å². The Hall–Kier alpha value is -0.570. The number of carbonyl (C=O) groups is 1. The minimum absolute atomic E-state index is 0.102. The molecule has 1 heterocycles. The fourth-order valence-electron chi connectivity index (χ4n) is 2.17. The third kappa shape index (κ3) is 5.17. The molecule has 0 aromatic heterocycles. The molecule has 1 aliphatic heterocycles. The Labute approximate surface area is 92.8 Å². The lowest BCUT2D eigenvalue weighted by molar-refractivity contribution is -0.147. The summed E-state index contributed by atoms with van der Waals surface area (Å²) >= 11 is 0. The maximum Gasteiger partial charge on any atom is 0.302 e. The molecule has 1 aliphatic rings. The second-order valence-corrected chi connectivity index (χ2v) is 4.38. The summed E-state index contributed by atoms with van der Waals surface area (Å²) < 4.78 is 5.31. The Balaban J connectivity index is 2.31. The van der Waals surface area contributed by atoms with Crippen molar-refractivity contribution in [2.24, 2.45) is 0 Å². The molecular formula is C12H23NO2. The van der Waals surface area contributed by atoms with Gasteiger partial charge in [-0.15, -0.1) is 0 Å². The van der Waals surface area contributed by atoms with Crippen molar-refractivity contribution >= 4 is 5.97 Å². The molecule has 88 valence electrons. The molecule has 0 N–H and O–H groups in total. The maximum atomic E-state index is 10.9. The molecule has 15 heavy (non-hydrogen) atoms. The van der Waals surface area contributed by atoms with Crippen molar-refractivity contribution in [2.45, 2.75) is 52.1 Å². The van der Waals surface area contributed by atoms with E-state index < -0.39 is 0 Å². The van der Waals surface area contributed by atoms with Crippen LogP contribution in [0.5, 0.6) is 0 Å². The average Bonchev–Trinajstić information content (AvgIpc) is 2.18. The van der Waals surface area contributed by atoms with Gasteiger partial charge in [-0.05, 0) is 32.4 Å². The number of hydrogen-bond acceptors (Lipinski definition) is 3. The number of rotatable bonds is 5. The van der Waals surface area contributed by atoms with Crippen molar-refractivity contribution in [3.05, 3.63) is 0 Å². The maximum absolute atomic E-state index is 10.9. The first-order chi connectivity index (χ1) is 7.22. The predicted molar refractivity (Wildman–Crippen MR) is 60.8 cm³/mol. The first kappa shape index (κ1) is 12.5. The van der Waals surface area contributed by atoms with E-state index in [0.29, 0.717) is 0 Å². The van der Waals surface area contributed by atoms with Gasteiger partial charge in [0.25, 0.3) is 0 Å². The van der Waals surface area contributed by atoms with Crippen molar-refractivity contribution in [1.82, 2.24) is 4.90 Å². The Bertz CT molecular complexity index is 188. The lowest BCUT2D eigenvalue weighted by atomic mass is 10.1. The van der Waals surface area contributed by atoms with Crippen molar-refractivity contribution < 1.29 is 9.53 Å². The molecule has 0 aromatic carbocycles. The molecule has 1 saturated heterocycles. The van der Waals surface area contributed by atoms with Crippen molar-refractivity contribution in [1.29, 1.82) is 0 Å². The topological polar surface area (TPSA) is 29.5 Å². The highest BCUT2D eigenvalue weighted by Crippen LogP contribution is 2.12. The second-order valence-electron chi connectivity index (χ2n) is 4.38. The fourth-order valence-corrected chi connectivity index (χ4v) is 2.17. The van der Waals surface area contributed by atoms with Crippen molar-refractivity contribution in [3.8, 4) is 0 Å². The standard InChI is InChI=1S/C12H23NO2/c1-3-7-12(15-11(2)14)10-13-8-5-4-6-9-13/h12H,3-10H2,1-2H3. The molecule has 0 bridgehead atoms. The van der Waals surface area contributed by atoms with Crippen LogP contribution >= 0.6 is 0 Å². The third-order valence-electron chi connectivity index (χ3n) is 2.85. The minimum Gasteiger partial charge on any atom is -0.461 e. The first-order valence-corrected chi connectivity index (χ1v) is 6.12. The zero-order valence-corrected chi connectivity index (χ0v) is 10.00. The molecule has 1 fully saturated rings. The zero-order chi connectivity index (χ0) is 11.1. The van der Waals surface area contributed by atoms with E-state index in [0.717, 1.165) is 19.4 Å². The van der Waals surface area contributed by atoms with Gasteiger partial charge in [-0.1, -0.05) is 19.8 Å². The summed E-state index contributed by atoms with van der Waals surface area (Å²) in [5, 5.41) is 0. The van der Waals surface area contributed by atoms with E-state index in [1.807, 2.05) is 0 Å². The quantitative estimate of drug-likeness (QED) is 0.656. The van der Waals surface area contributed by atoms with Gasteiger partial charge in [0, 0.05) is 13.5 Å². The Morgan fingerprint density at radius 3 is 2.53 bits per heavy atom. The Morgan fingerprint density at radius 2 is 2.00 bits per heavy atom. The SMILES string of the molecule is CCCC(CN1CCCCC1)OC(C)=O. The van der Waals surface area contributed by atoms with E-state index in [1.165, 1.54) is 39.3 Å². The van der Waals surface area contributed by atoms with Crippen LogP contribution in [0.3, 0.4) is 0 Å². The summed E-state index contributed by atoms with van der Waals surface area (Å²) in [5.41, 5.74) is 0. The summed E-state index contributed by atoms with van der Waals surface area (Å²) in [4.78, 5) is 13.4. The largest absolute Gasteiger partial charge is 0.461 e. The third-order valence-corrected chi connectivity index (χ3v) is 2.85. The van der Waals surface area contributed by atoms with Crippen LogP contribution < -0.4 is 0 Å². The molecule has 1 rings (SSSR count). The van der Waals surface area contributed by atoms with Crippen LogP contribution in [-0.2, 0) is 9.53 Å². The summed E-state index contributed by atoms with van der Waals surface area (Å²) in [7, 11) is 0. The number of carbonyl (C=O) groups excluding carboxylic acids is 1. The fraction of sp³-hybridized carbons (Fsp3) is 0.917. The molecular weight excluding hydrogens is 190 g/mol. The van der Waals surface area contributed by atoms with Crippen LogP contribution in [-0.4, -0.2) is 36.6 Å². The molecule has 0 amide bonds. The molecule has 1 atom stereocenters. The van der Waals surface area contributed by atoms with E-state index in [2.05, 4.69) is 11.8 Å². The Kier molecular flexibility index (Phi) is 5.69. The number of hydrogen-bond donors (Lipinski definition) is 0. The van der Waals surface area contributed by atoms with Crippen LogP contribution in [0.2, 0.25) is 0 Å². The van der Waals surface area contributed by atoms with Gasteiger partial charge in [-0.25, -0.2) is 0 Å². The normalized spacial score (nSPS) is 19.9. The highest BCUT2D eigenvalue weighted by molar-refractivity contribution is 5.66. The molecule has 0 radical (unpaired) electrons. The minimum atomic E-state index is -0.148. The van der Waals surface area contributed by atoms with Gasteiger partial charge in [-0.3, -0.25) is 9.69 Å². The molecule has 1 unspecified atom stereocenters. The molecule has 3 heteroatoms. The van der Waals surface area contributed by atoms with Gasteiger partial charge in [-0.2, -0.15) is 0 Å².